The Labute approximate surface area is 211 Å². The molecule has 0 saturated carbocycles. The lowest BCUT2D eigenvalue weighted by Crippen LogP contribution is -2.24. The number of esters is 1. The largest absolute Gasteiger partial charge is 0.493 e. The Balaban J connectivity index is 1.57. The van der Waals surface area contributed by atoms with E-state index < -0.39 is 22.9 Å². The minimum Gasteiger partial charge on any atom is -0.493 e. The van der Waals surface area contributed by atoms with Gasteiger partial charge in [-0.25, -0.2) is 13.6 Å². The van der Waals surface area contributed by atoms with E-state index in [1.807, 2.05) is 31.2 Å². The smallest absolute Gasteiger partial charge is 0.342 e. The number of rotatable bonds is 5. The molecule has 2 aromatic carbocycles. The van der Waals surface area contributed by atoms with Crippen LogP contribution in [0, 0.1) is 0 Å². The van der Waals surface area contributed by atoms with Crippen molar-refractivity contribution >= 4 is 17.5 Å². The first-order valence-electron chi connectivity index (χ1n) is 11.4. The Hall–Kier alpha value is -3.40. The SMILES string of the molecule is COc1cc(-c2nsc(C(F)F)c2C(=O)OC(C)(C)C)cc2c1O[C@@H](c1ccc3c(c1)OCO3)[C@@H]2C. The van der Waals surface area contributed by atoms with Crippen LogP contribution >= 0.6 is 11.5 Å². The molecule has 36 heavy (non-hydrogen) atoms. The van der Waals surface area contributed by atoms with E-state index in [2.05, 4.69) is 4.37 Å². The molecule has 2 aliphatic heterocycles. The van der Waals surface area contributed by atoms with Gasteiger partial charge in [0.2, 0.25) is 6.79 Å². The van der Waals surface area contributed by atoms with Crippen LogP contribution in [-0.4, -0.2) is 29.8 Å². The van der Waals surface area contributed by atoms with E-state index in [0.29, 0.717) is 40.1 Å². The highest BCUT2D eigenvalue weighted by Gasteiger charge is 2.37. The van der Waals surface area contributed by atoms with Crippen molar-refractivity contribution < 1.29 is 37.3 Å². The number of aromatic nitrogens is 1. The molecule has 0 aliphatic carbocycles. The van der Waals surface area contributed by atoms with Crippen LogP contribution in [-0.2, 0) is 4.74 Å². The molecule has 7 nitrogen and oxygen atoms in total. The van der Waals surface area contributed by atoms with Crippen LogP contribution in [0.3, 0.4) is 0 Å². The third-order valence-corrected chi connectivity index (χ3v) is 6.86. The van der Waals surface area contributed by atoms with Gasteiger partial charge in [0.25, 0.3) is 6.43 Å². The van der Waals surface area contributed by atoms with Crippen molar-refractivity contribution in [2.45, 2.75) is 51.7 Å². The average Bonchev–Trinajstić information content (AvgIpc) is 3.54. The molecule has 0 unspecified atom stereocenters. The van der Waals surface area contributed by atoms with Gasteiger partial charge in [0.1, 0.15) is 22.1 Å². The van der Waals surface area contributed by atoms with Crippen molar-refractivity contribution in [3.63, 3.8) is 0 Å². The van der Waals surface area contributed by atoms with Crippen molar-refractivity contribution in [2.24, 2.45) is 0 Å². The number of methoxy groups -OCH3 is 1. The monoisotopic (exact) mass is 517 g/mol. The number of hydrogen-bond donors (Lipinski definition) is 0. The van der Waals surface area contributed by atoms with Gasteiger partial charge in [-0.3, -0.25) is 0 Å². The van der Waals surface area contributed by atoms with E-state index in [1.165, 1.54) is 7.11 Å². The first kappa shape index (κ1) is 24.3. The molecule has 2 aliphatic rings. The van der Waals surface area contributed by atoms with Gasteiger partial charge in [0.05, 0.1) is 12.8 Å². The second kappa shape index (κ2) is 8.92. The van der Waals surface area contributed by atoms with Gasteiger partial charge >= 0.3 is 5.97 Å². The van der Waals surface area contributed by atoms with E-state index >= 15 is 0 Å². The highest BCUT2D eigenvalue weighted by Crippen LogP contribution is 2.53. The molecule has 0 spiro atoms. The maximum Gasteiger partial charge on any atom is 0.342 e. The van der Waals surface area contributed by atoms with Crippen molar-refractivity contribution in [1.82, 2.24) is 4.37 Å². The maximum absolute atomic E-state index is 13.8. The number of carbonyl (C=O) groups is 1. The van der Waals surface area contributed by atoms with E-state index in [9.17, 15) is 13.6 Å². The zero-order valence-electron chi connectivity index (χ0n) is 20.4. The quantitative estimate of drug-likeness (QED) is 0.350. The number of hydrogen-bond acceptors (Lipinski definition) is 8. The minimum atomic E-state index is -2.87. The second-order valence-corrected chi connectivity index (χ2v) is 10.4. The molecule has 0 amide bonds. The van der Waals surface area contributed by atoms with Crippen LogP contribution in [0.4, 0.5) is 8.78 Å². The predicted molar refractivity (Wildman–Crippen MR) is 129 cm³/mol. The first-order chi connectivity index (χ1) is 17.1. The molecule has 0 radical (unpaired) electrons. The number of fused-ring (bicyclic) bond motifs is 2. The number of nitrogens with zero attached hydrogens (tertiary/aromatic N) is 1. The van der Waals surface area contributed by atoms with Crippen LogP contribution in [0.25, 0.3) is 11.3 Å². The highest BCUT2D eigenvalue weighted by atomic mass is 32.1. The van der Waals surface area contributed by atoms with Crippen LogP contribution in [0.15, 0.2) is 30.3 Å². The van der Waals surface area contributed by atoms with Gasteiger partial charge in [-0.2, -0.15) is 4.37 Å². The summed E-state index contributed by atoms with van der Waals surface area (Å²) in [6, 6.07) is 9.11. The Bertz CT molecular complexity index is 1330. The van der Waals surface area contributed by atoms with Crippen LogP contribution in [0.2, 0.25) is 0 Å². The number of ether oxygens (including phenoxy) is 5. The number of alkyl halides is 2. The molecule has 0 bridgehead atoms. The van der Waals surface area contributed by atoms with Gasteiger partial charge < -0.3 is 23.7 Å². The number of carbonyl (C=O) groups excluding carboxylic acids is 1. The molecule has 3 heterocycles. The van der Waals surface area contributed by atoms with Crippen molar-refractivity contribution in [3.05, 3.63) is 51.9 Å². The summed E-state index contributed by atoms with van der Waals surface area (Å²) in [7, 11) is 1.50. The lowest BCUT2D eigenvalue weighted by atomic mass is 9.90. The van der Waals surface area contributed by atoms with Gasteiger partial charge in [-0.05, 0) is 62.1 Å². The maximum atomic E-state index is 13.8. The molecular formula is C26H25F2NO6S. The summed E-state index contributed by atoms with van der Waals surface area (Å²) in [6.07, 6.45) is -3.20. The Morgan fingerprint density at radius 2 is 1.92 bits per heavy atom. The molecule has 0 N–H and O–H groups in total. The molecule has 10 heteroatoms. The third-order valence-electron chi connectivity index (χ3n) is 6.01. The molecule has 5 rings (SSSR count). The van der Waals surface area contributed by atoms with E-state index in [0.717, 1.165) is 11.1 Å². The molecule has 190 valence electrons. The minimum absolute atomic E-state index is 0.118. The van der Waals surface area contributed by atoms with Gasteiger partial charge in [0, 0.05) is 17.0 Å². The Morgan fingerprint density at radius 3 is 2.61 bits per heavy atom. The molecule has 0 fully saturated rings. The van der Waals surface area contributed by atoms with Crippen molar-refractivity contribution in [2.75, 3.05) is 13.9 Å². The summed E-state index contributed by atoms with van der Waals surface area (Å²) in [6.45, 7) is 7.22. The molecule has 3 aromatic rings. The van der Waals surface area contributed by atoms with E-state index in [1.54, 1.807) is 26.8 Å². The van der Waals surface area contributed by atoms with Crippen molar-refractivity contribution in [3.8, 4) is 34.3 Å². The van der Waals surface area contributed by atoms with Crippen molar-refractivity contribution in [1.29, 1.82) is 0 Å². The highest BCUT2D eigenvalue weighted by molar-refractivity contribution is 7.06. The summed E-state index contributed by atoms with van der Waals surface area (Å²) >= 11 is 0.591. The molecular weight excluding hydrogens is 492 g/mol. The summed E-state index contributed by atoms with van der Waals surface area (Å²) in [4.78, 5) is 12.5. The van der Waals surface area contributed by atoms with Crippen LogP contribution < -0.4 is 18.9 Å². The number of halogens is 2. The Kier molecular flexibility index (Phi) is 6.02. The fraction of sp³-hybridized carbons (Fsp3) is 0.385. The van der Waals surface area contributed by atoms with Gasteiger partial charge in [-0.1, -0.05) is 13.0 Å². The van der Waals surface area contributed by atoms with E-state index in [-0.39, 0.29) is 30.1 Å². The first-order valence-corrected chi connectivity index (χ1v) is 12.1. The summed E-state index contributed by atoms with van der Waals surface area (Å²) in [5, 5.41) is 0. The summed E-state index contributed by atoms with van der Waals surface area (Å²) in [5.74, 6) is 1.33. The zero-order chi connectivity index (χ0) is 25.8. The zero-order valence-corrected chi connectivity index (χ0v) is 21.2. The predicted octanol–water partition coefficient (Wildman–Crippen LogP) is 6.68. The van der Waals surface area contributed by atoms with Crippen LogP contribution in [0.1, 0.15) is 72.5 Å². The fourth-order valence-electron chi connectivity index (χ4n) is 4.39. The third kappa shape index (κ3) is 4.23. The van der Waals surface area contributed by atoms with Crippen LogP contribution in [0.5, 0.6) is 23.0 Å². The molecule has 2 atom stereocenters. The standard InChI is InChI=1S/C26H25F2NO6S/c1-12-15-8-14(20-19(23(24(27)28)36-29-20)25(30)35-26(2,3)4)10-18(31-5)22(15)34-21(12)13-6-7-16-17(9-13)33-11-32-16/h6-10,12,21,24H,11H2,1-5H3/t12-,21-/m1/s1. The van der Waals surface area contributed by atoms with Gasteiger partial charge in [-0.15, -0.1) is 0 Å². The van der Waals surface area contributed by atoms with E-state index in [4.69, 9.17) is 23.7 Å². The molecule has 1 aromatic heterocycles. The summed E-state index contributed by atoms with van der Waals surface area (Å²) in [5.41, 5.74) is 1.22. The lowest BCUT2D eigenvalue weighted by molar-refractivity contribution is 0.00642. The number of benzene rings is 2. The average molecular weight is 518 g/mol. The normalized spacial score (nSPS) is 18.2. The topological polar surface area (TPSA) is 76.1 Å². The summed E-state index contributed by atoms with van der Waals surface area (Å²) < 4.78 is 60.1. The second-order valence-electron chi connectivity index (χ2n) is 9.61. The van der Waals surface area contributed by atoms with Gasteiger partial charge in [0.15, 0.2) is 23.0 Å². The molecule has 0 saturated heterocycles. The lowest BCUT2D eigenvalue weighted by Gasteiger charge is -2.20. The Morgan fingerprint density at radius 1 is 1.17 bits per heavy atom. The fourth-order valence-corrected chi connectivity index (χ4v) is 5.13.